The largest absolute Gasteiger partial charge is 0.416 e. The van der Waals surface area contributed by atoms with Crippen molar-refractivity contribution >= 4 is 27.3 Å². The SMILES string of the molecule is CS(=O)(=O)c1cccc(-c2cccc(/N=C(\N)Nc3ccc(C(F)(F)F)cc3)n2)c1. The molecule has 0 aliphatic heterocycles. The van der Waals surface area contributed by atoms with Crippen molar-refractivity contribution in [2.24, 2.45) is 10.7 Å². The van der Waals surface area contributed by atoms with E-state index < -0.39 is 21.6 Å². The maximum atomic E-state index is 12.6. The van der Waals surface area contributed by atoms with Crippen molar-refractivity contribution in [2.75, 3.05) is 11.6 Å². The van der Waals surface area contributed by atoms with E-state index >= 15 is 0 Å². The predicted octanol–water partition coefficient (Wildman–Crippen LogP) is 4.23. The topological polar surface area (TPSA) is 97.4 Å². The number of guanidine groups is 1. The fourth-order valence-corrected chi connectivity index (χ4v) is 3.24. The third-order valence-corrected chi connectivity index (χ3v) is 5.12. The van der Waals surface area contributed by atoms with Gasteiger partial charge in [-0.15, -0.1) is 0 Å². The van der Waals surface area contributed by atoms with Crippen molar-refractivity contribution in [2.45, 2.75) is 11.1 Å². The highest BCUT2D eigenvalue weighted by Crippen LogP contribution is 2.30. The summed E-state index contributed by atoms with van der Waals surface area (Å²) >= 11 is 0. The lowest BCUT2D eigenvalue weighted by Gasteiger charge is -2.09. The van der Waals surface area contributed by atoms with Gasteiger partial charge in [-0.05, 0) is 48.5 Å². The average Bonchev–Trinajstić information content (AvgIpc) is 2.67. The monoisotopic (exact) mass is 434 g/mol. The molecule has 0 aliphatic rings. The summed E-state index contributed by atoms with van der Waals surface area (Å²) in [6, 6.07) is 15.6. The summed E-state index contributed by atoms with van der Waals surface area (Å²) in [4.78, 5) is 8.62. The minimum atomic E-state index is -4.42. The molecule has 0 spiro atoms. The fraction of sp³-hybridized carbons (Fsp3) is 0.100. The van der Waals surface area contributed by atoms with Crippen molar-refractivity contribution in [1.29, 1.82) is 0 Å². The van der Waals surface area contributed by atoms with Gasteiger partial charge >= 0.3 is 6.18 Å². The highest BCUT2D eigenvalue weighted by atomic mass is 32.2. The number of alkyl halides is 3. The second kappa shape index (κ2) is 8.15. The van der Waals surface area contributed by atoms with Crippen LogP contribution in [0, 0.1) is 0 Å². The molecule has 3 rings (SSSR count). The molecule has 3 N–H and O–H groups in total. The summed E-state index contributed by atoms with van der Waals surface area (Å²) in [6.07, 6.45) is -3.30. The fourth-order valence-electron chi connectivity index (χ4n) is 2.57. The number of nitrogens with one attached hydrogen (secondary N) is 1. The van der Waals surface area contributed by atoms with Crippen LogP contribution in [0.1, 0.15) is 5.56 Å². The molecule has 0 radical (unpaired) electrons. The Hall–Kier alpha value is -3.40. The van der Waals surface area contributed by atoms with E-state index in [4.69, 9.17) is 5.73 Å². The molecule has 1 heterocycles. The van der Waals surface area contributed by atoms with Crippen molar-refractivity contribution in [1.82, 2.24) is 4.98 Å². The van der Waals surface area contributed by atoms with Gasteiger partial charge in [-0.25, -0.2) is 13.4 Å². The predicted molar refractivity (Wildman–Crippen MR) is 109 cm³/mol. The van der Waals surface area contributed by atoms with Crippen LogP contribution >= 0.6 is 0 Å². The molecule has 6 nitrogen and oxygen atoms in total. The van der Waals surface area contributed by atoms with Gasteiger partial charge in [0.1, 0.15) is 0 Å². The third-order valence-electron chi connectivity index (χ3n) is 4.01. The quantitative estimate of drug-likeness (QED) is 0.473. The minimum Gasteiger partial charge on any atom is -0.369 e. The van der Waals surface area contributed by atoms with Crippen molar-refractivity contribution < 1.29 is 21.6 Å². The molecule has 0 amide bonds. The van der Waals surface area contributed by atoms with Gasteiger partial charge in [0.15, 0.2) is 21.6 Å². The first-order chi connectivity index (χ1) is 14.0. The molecule has 1 aromatic heterocycles. The Morgan fingerprint density at radius 2 is 1.70 bits per heavy atom. The van der Waals surface area contributed by atoms with Crippen molar-refractivity contribution in [3.05, 3.63) is 72.3 Å². The lowest BCUT2D eigenvalue weighted by Crippen LogP contribution is -2.22. The zero-order valence-corrected chi connectivity index (χ0v) is 16.5. The zero-order chi connectivity index (χ0) is 21.9. The number of aliphatic imine (C=N–C) groups is 1. The number of nitrogens with zero attached hydrogens (tertiary/aromatic N) is 2. The maximum absolute atomic E-state index is 12.6. The Bertz CT molecular complexity index is 1190. The van der Waals surface area contributed by atoms with E-state index in [-0.39, 0.29) is 16.7 Å². The lowest BCUT2D eigenvalue weighted by atomic mass is 10.1. The van der Waals surface area contributed by atoms with E-state index in [1.807, 2.05) is 0 Å². The second-order valence-corrected chi connectivity index (χ2v) is 8.39. The molecule has 0 atom stereocenters. The first-order valence-corrected chi connectivity index (χ1v) is 10.5. The lowest BCUT2D eigenvalue weighted by molar-refractivity contribution is -0.137. The Morgan fingerprint density at radius 3 is 2.33 bits per heavy atom. The number of hydrogen-bond donors (Lipinski definition) is 2. The normalized spacial score (nSPS) is 12.6. The van der Waals surface area contributed by atoms with E-state index in [0.29, 0.717) is 16.9 Å². The maximum Gasteiger partial charge on any atom is 0.416 e. The summed E-state index contributed by atoms with van der Waals surface area (Å²) in [5.74, 6) is 0.179. The van der Waals surface area contributed by atoms with E-state index in [2.05, 4.69) is 15.3 Å². The number of halogens is 3. The molecule has 0 saturated carbocycles. The number of pyridine rings is 1. The van der Waals surface area contributed by atoms with Gasteiger partial charge in [-0.2, -0.15) is 18.2 Å². The van der Waals surface area contributed by atoms with Gasteiger partial charge in [0.05, 0.1) is 16.2 Å². The molecule has 2 aromatic carbocycles. The second-order valence-electron chi connectivity index (χ2n) is 6.38. The van der Waals surface area contributed by atoms with Gasteiger partial charge in [-0.1, -0.05) is 18.2 Å². The summed E-state index contributed by atoms with van der Waals surface area (Å²) in [7, 11) is -3.37. The van der Waals surface area contributed by atoms with Crippen LogP contribution in [-0.4, -0.2) is 25.6 Å². The van der Waals surface area contributed by atoms with Crippen LogP contribution in [0.3, 0.4) is 0 Å². The van der Waals surface area contributed by atoms with Gasteiger partial charge in [0, 0.05) is 17.5 Å². The van der Waals surface area contributed by atoms with Crippen LogP contribution in [0.25, 0.3) is 11.3 Å². The molecule has 0 fully saturated rings. The van der Waals surface area contributed by atoms with Crippen LogP contribution in [0.5, 0.6) is 0 Å². The number of anilines is 1. The first-order valence-electron chi connectivity index (χ1n) is 8.58. The number of sulfone groups is 1. The molecule has 0 bridgehead atoms. The van der Waals surface area contributed by atoms with E-state index in [9.17, 15) is 21.6 Å². The van der Waals surface area contributed by atoms with Gasteiger partial charge in [0.2, 0.25) is 0 Å². The Morgan fingerprint density at radius 1 is 1.03 bits per heavy atom. The minimum absolute atomic E-state index is 0.0655. The summed E-state index contributed by atoms with van der Waals surface area (Å²) in [5.41, 5.74) is 6.47. The number of benzene rings is 2. The molecule has 0 aliphatic carbocycles. The molecule has 10 heteroatoms. The van der Waals surface area contributed by atoms with Crippen molar-refractivity contribution in [3.8, 4) is 11.3 Å². The van der Waals surface area contributed by atoms with Crippen LogP contribution in [0.15, 0.2) is 76.6 Å². The number of aromatic nitrogens is 1. The Labute approximate surface area is 171 Å². The first kappa shape index (κ1) is 21.3. The highest BCUT2D eigenvalue weighted by molar-refractivity contribution is 7.90. The molecule has 30 heavy (non-hydrogen) atoms. The van der Waals surface area contributed by atoms with E-state index in [0.717, 1.165) is 18.4 Å². The van der Waals surface area contributed by atoms with Gasteiger partial charge in [0.25, 0.3) is 0 Å². The van der Waals surface area contributed by atoms with Crippen LogP contribution < -0.4 is 11.1 Å². The zero-order valence-electron chi connectivity index (χ0n) is 15.7. The van der Waals surface area contributed by atoms with Gasteiger partial charge in [-0.3, -0.25) is 0 Å². The molecule has 0 unspecified atom stereocenters. The Kier molecular flexibility index (Phi) is 5.79. The standard InChI is InChI=1S/C20H17F3N4O2S/c1-30(28,29)16-5-2-4-13(12-16)17-6-3-7-18(26-17)27-19(24)25-15-10-8-14(9-11-15)20(21,22)23/h2-12H,1H3,(H3,24,25,26,27). The summed E-state index contributed by atoms with van der Waals surface area (Å²) < 4.78 is 61.4. The molecular formula is C20H17F3N4O2S. The number of rotatable bonds is 4. The summed E-state index contributed by atoms with van der Waals surface area (Å²) in [5, 5.41) is 2.70. The van der Waals surface area contributed by atoms with E-state index in [1.165, 1.54) is 24.3 Å². The van der Waals surface area contributed by atoms with Crippen molar-refractivity contribution in [3.63, 3.8) is 0 Å². The smallest absolute Gasteiger partial charge is 0.369 e. The number of nitrogens with two attached hydrogens (primary N) is 1. The molecule has 156 valence electrons. The average molecular weight is 434 g/mol. The van der Waals surface area contributed by atoms with E-state index in [1.54, 1.807) is 30.3 Å². The van der Waals surface area contributed by atoms with Crippen LogP contribution in [-0.2, 0) is 16.0 Å². The third kappa shape index (κ3) is 5.35. The van der Waals surface area contributed by atoms with Crippen LogP contribution in [0.4, 0.5) is 24.7 Å². The summed E-state index contributed by atoms with van der Waals surface area (Å²) in [6.45, 7) is 0. The van der Waals surface area contributed by atoms with Crippen LogP contribution in [0.2, 0.25) is 0 Å². The highest BCUT2D eigenvalue weighted by Gasteiger charge is 2.29. The Balaban J connectivity index is 1.81. The molecular weight excluding hydrogens is 417 g/mol. The number of hydrogen-bond acceptors (Lipinski definition) is 4. The van der Waals surface area contributed by atoms with Gasteiger partial charge < -0.3 is 11.1 Å². The molecule has 0 saturated heterocycles. The molecule has 3 aromatic rings.